The van der Waals surface area contributed by atoms with Crippen molar-refractivity contribution in [2.24, 2.45) is 0 Å². The van der Waals surface area contributed by atoms with Gasteiger partial charge in [-0.3, -0.25) is 4.79 Å². The average Bonchev–Trinajstić information content (AvgIpc) is 2.14. The molecule has 0 spiro atoms. The van der Waals surface area contributed by atoms with Crippen LogP contribution in [0, 0.1) is 11.3 Å². The summed E-state index contributed by atoms with van der Waals surface area (Å²) in [6, 6.07) is 2.05. The van der Waals surface area contributed by atoms with E-state index in [1.54, 1.807) is 6.92 Å². The maximum atomic E-state index is 11.1. The summed E-state index contributed by atoms with van der Waals surface area (Å²) < 4.78 is 4.91. The number of hydrogen-bond donors (Lipinski definition) is 1. The normalized spacial score (nSPS) is 14.3. The number of amides is 1. The van der Waals surface area contributed by atoms with Crippen molar-refractivity contribution in [3.63, 3.8) is 0 Å². The van der Waals surface area contributed by atoms with Gasteiger partial charge in [-0.25, -0.2) is 0 Å². The average molecular weight is 184 g/mol. The SMILES string of the molecule is CCOCC(=O)NC(C)(C#N)CC. The molecule has 13 heavy (non-hydrogen) atoms. The Morgan fingerprint density at radius 1 is 1.62 bits per heavy atom. The second-order valence-electron chi connectivity index (χ2n) is 2.98. The zero-order valence-corrected chi connectivity index (χ0v) is 8.39. The fraction of sp³-hybridized carbons (Fsp3) is 0.778. The van der Waals surface area contributed by atoms with E-state index in [9.17, 15) is 4.79 Å². The van der Waals surface area contributed by atoms with E-state index >= 15 is 0 Å². The van der Waals surface area contributed by atoms with Gasteiger partial charge in [-0.1, -0.05) is 6.92 Å². The van der Waals surface area contributed by atoms with Crippen LogP contribution in [0.2, 0.25) is 0 Å². The maximum absolute atomic E-state index is 11.1. The van der Waals surface area contributed by atoms with Crippen LogP contribution in [0.5, 0.6) is 0 Å². The highest BCUT2D eigenvalue weighted by Crippen LogP contribution is 2.06. The minimum absolute atomic E-state index is 0.0216. The smallest absolute Gasteiger partial charge is 0.247 e. The third kappa shape index (κ3) is 4.48. The molecule has 0 bridgehead atoms. The lowest BCUT2D eigenvalue weighted by molar-refractivity contribution is -0.126. The number of hydrogen-bond acceptors (Lipinski definition) is 3. The van der Waals surface area contributed by atoms with E-state index in [4.69, 9.17) is 10.00 Å². The van der Waals surface area contributed by atoms with Gasteiger partial charge in [-0.2, -0.15) is 5.26 Å². The highest BCUT2D eigenvalue weighted by Gasteiger charge is 2.23. The van der Waals surface area contributed by atoms with Crippen LogP contribution in [0.25, 0.3) is 0 Å². The first-order chi connectivity index (χ1) is 6.08. The lowest BCUT2D eigenvalue weighted by Gasteiger charge is -2.20. The van der Waals surface area contributed by atoms with Crippen molar-refractivity contribution in [2.45, 2.75) is 32.7 Å². The predicted molar refractivity (Wildman–Crippen MR) is 48.9 cm³/mol. The first-order valence-corrected chi connectivity index (χ1v) is 4.38. The molecule has 0 saturated carbocycles. The molecule has 0 aliphatic carbocycles. The molecule has 0 aliphatic rings. The summed E-state index contributed by atoms with van der Waals surface area (Å²) in [4.78, 5) is 11.1. The Morgan fingerprint density at radius 2 is 2.23 bits per heavy atom. The zero-order chi connectivity index (χ0) is 10.3. The summed E-state index contributed by atoms with van der Waals surface area (Å²) in [5, 5.41) is 11.4. The van der Waals surface area contributed by atoms with Crippen molar-refractivity contribution in [3.8, 4) is 6.07 Å². The van der Waals surface area contributed by atoms with Crippen LogP contribution in [0.4, 0.5) is 0 Å². The van der Waals surface area contributed by atoms with Gasteiger partial charge >= 0.3 is 0 Å². The van der Waals surface area contributed by atoms with E-state index < -0.39 is 5.54 Å². The molecule has 0 aromatic heterocycles. The molecule has 0 aliphatic heterocycles. The molecule has 4 nitrogen and oxygen atoms in total. The Morgan fingerprint density at radius 3 is 2.62 bits per heavy atom. The first-order valence-electron chi connectivity index (χ1n) is 4.38. The highest BCUT2D eigenvalue weighted by atomic mass is 16.5. The molecular formula is C9H16N2O2. The molecule has 74 valence electrons. The van der Waals surface area contributed by atoms with Crippen LogP contribution in [0.3, 0.4) is 0 Å². The molecule has 1 atom stereocenters. The Bertz CT molecular complexity index is 210. The van der Waals surface area contributed by atoms with Crippen molar-refractivity contribution in [2.75, 3.05) is 13.2 Å². The van der Waals surface area contributed by atoms with Gasteiger partial charge in [0.15, 0.2) is 0 Å². The van der Waals surface area contributed by atoms with Gasteiger partial charge in [0.2, 0.25) is 5.91 Å². The summed E-state index contributed by atoms with van der Waals surface area (Å²) in [7, 11) is 0. The summed E-state index contributed by atoms with van der Waals surface area (Å²) in [5.74, 6) is -0.243. The number of nitrogens with zero attached hydrogens (tertiary/aromatic N) is 1. The first kappa shape index (κ1) is 11.9. The molecule has 0 fully saturated rings. The van der Waals surface area contributed by atoms with Crippen molar-refractivity contribution < 1.29 is 9.53 Å². The van der Waals surface area contributed by atoms with Crippen LogP contribution in [-0.4, -0.2) is 24.7 Å². The second kappa shape index (κ2) is 5.55. The molecule has 4 heteroatoms. The molecule has 1 amide bonds. The standard InChI is InChI=1S/C9H16N2O2/c1-4-9(3,7-10)11-8(12)6-13-5-2/h4-6H2,1-3H3,(H,11,12). The van der Waals surface area contributed by atoms with E-state index in [-0.39, 0.29) is 12.5 Å². The lowest BCUT2D eigenvalue weighted by Crippen LogP contribution is -2.45. The van der Waals surface area contributed by atoms with Crippen LogP contribution < -0.4 is 5.32 Å². The summed E-state index contributed by atoms with van der Waals surface area (Å²) in [6.07, 6.45) is 0.585. The molecule has 0 aromatic carbocycles. The second-order valence-corrected chi connectivity index (χ2v) is 2.98. The van der Waals surface area contributed by atoms with Gasteiger partial charge in [0.1, 0.15) is 12.1 Å². The van der Waals surface area contributed by atoms with E-state index in [1.165, 1.54) is 0 Å². The monoisotopic (exact) mass is 184 g/mol. The number of nitrogens with one attached hydrogen (secondary N) is 1. The molecule has 0 rings (SSSR count). The Hall–Kier alpha value is -1.08. The van der Waals surface area contributed by atoms with E-state index in [0.717, 1.165) is 0 Å². The molecule has 1 N–H and O–H groups in total. The van der Waals surface area contributed by atoms with Crippen LogP contribution >= 0.6 is 0 Å². The van der Waals surface area contributed by atoms with Gasteiger partial charge in [0, 0.05) is 6.61 Å². The minimum Gasteiger partial charge on any atom is -0.372 e. The Labute approximate surface area is 78.9 Å². The molecule has 0 heterocycles. The van der Waals surface area contributed by atoms with Crippen molar-refractivity contribution in [1.82, 2.24) is 5.32 Å². The third-order valence-corrected chi connectivity index (χ3v) is 1.81. The fourth-order valence-electron chi connectivity index (χ4n) is 0.734. The van der Waals surface area contributed by atoms with Crippen LogP contribution in [0.15, 0.2) is 0 Å². The van der Waals surface area contributed by atoms with Crippen molar-refractivity contribution in [1.29, 1.82) is 5.26 Å². The molecule has 1 unspecified atom stereocenters. The Balaban J connectivity index is 3.97. The summed E-state index contributed by atoms with van der Waals surface area (Å²) in [5.41, 5.74) is -0.770. The quantitative estimate of drug-likeness (QED) is 0.688. The summed E-state index contributed by atoms with van der Waals surface area (Å²) in [6.45, 7) is 5.88. The topological polar surface area (TPSA) is 62.1 Å². The van der Waals surface area contributed by atoms with E-state index in [1.807, 2.05) is 19.9 Å². The van der Waals surface area contributed by atoms with Gasteiger partial charge in [0.25, 0.3) is 0 Å². The third-order valence-electron chi connectivity index (χ3n) is 1.81. The van der Waals surface area contributed by atoms with Gasteiger partial charge < -0.3 is 10.1 Å². The van der Waals surface area contributed by atoms with Gasteiger partial charge in [-0.05, 0) is 20.3 Å². The van der Waals surface area contributed by atoms with Gasteiger partial charge in [-0.15, -0.1) is 0 Å². The zero-order valence-electron chi connectivity index (χ0n) is 8.39. The predicted octanol–water partition coefficient (Wildman–Crippen LogP) is 0.831. The Kier molecular flexibility index (Phi) is 5.09. The van der Waals surface area contributed by atoms with Gasteiger partial charge in [0.05, 0.1) is 6.07 Å². The van der Waals surface area contributed by atoms with Crippen molar-refractivity contribution in [3.05, 3.63) is 0 Å². The number of nitriles is 1. The highest BCUT2D eigenvalue weighted by molar-refractivity contribution is 5.78. The molecule has 0 aromatic rings. The lowest BCUT2D eigenvalue weighted by atomic mass is 10.0. The van der Waals surface area contributed by atoms with Crippen LogP contribution in [-0.2, 0) is 9.53 Å². The number of carbonyl (C=O) groups is 1. The van der Waals surface area contributed by atoms with E-state index in [0.29, 0.717) is 13.0 Å². The molecular weight excluding hydrogens is 168 g/mol. The molecule has 0 saturated heterocycles. The molecule has 0 radical (unpaired) electrons. The van der Waals surface area contributed by atoms with Crippen molar-refractivity contribution >= 4 is 5.91 Å². The van der Waals surface area contributed by atoms with E-state index in [2.05, 4.69) is 5.32 Å². The largest absolute Gasteiger partial charge is 0.372 e. The maximum Gasteiger partial charge on any atom is 0.247 e. The summed E-state index contributed by atoms with van der Waals surface area (Å²) >= 11 is 0. The fourth-order valence-corrected chi connectivity index (χ4v) is 0.734. The number of carbonyl (C=O) groups excluding carboxylic acids is 1. The number of rotatable bonds is 5. The number of ether oxygens (including phenoxy) is 1. The minimum atomic E-state index is -0.770. The van der Waals surface area contributed by atoms with Crippen LogP contribution in [0.1, 0.15) is 27.2 Å².